The molecule has 1 aromatic rings. The number of methoxy groups -OCH3 is 1. The van der Waals surface area contributed by atoms with Crippen LogP contribution in [0.25, 0.3) is 0 Å². The normalized spacial score (nSPS) is 27.3. The lowest BCUT2D eigenvalue weighted by Gasteiger charge is -2.38. The molecular weight excluding hydrogens is 523 g/mol. The van der Waals surface area contributed by atoms with Gasteiger partial charge in [0.15, 0.2) is 0 Å². The minimum atomic E-state index is -0.587. The predicted octanol–water partition coefficient (Wildman–Crippen LogP) is 7.02. The molecule has 1 aliphatic heterocycles. The maximum atomic E-state index is 13.7. The van der Waals surface area contributed by atoms with Crippen molar-refractivity contribution >= 4 is 21.9 Å². The van der Waals surface area contributed by atoms with Crippen LogP contribution in [0.2, 0.25) is 0 Å². The maximum Gasteiger partial charge on any atom is 0.305 e. The van der Waals surface area contributed by atoms with E-state index < -0.39 is 6.10 Å². The molecule has 198 valence electrons. The van der Waals surface area contributed by atoms with Gasteiger partial charge in [-0.15, -0.1) is 0 Å². The quantitative estimate of drug-likeness (QED) is 0.169. The molecule has 0 amide bonds. The highest BCUT2D eigenvalue weighted by molar-refractivity contribution is 9.11. The number of esters is 1. The van der Waals surface area contributed by atoms with Crippen molar-refractivity contribution in [3.8, 4) is 0 Å². The molecule has 0 aromatic heterocycles. The predicted molar refractivity (Wildman–Crippen MR) is 145 cm³/mol. The number of allylic oxidation sites excluding steroid dienone is 4. The highest BCUT2D eigenvalue weighted by atomic mass is 79.9. The van der Waals surface area contributed by atoms with Gasteiger partial charge in [0, 0.05) is 22.2 Å². The number of aliphatic hydroxyl groups is 1. The number of hydrogen-bond donors (Lipinski definition) is 1. The number of carbonyl (C=O) groups excluding carboxylic acids is 1. The molecule has 6 atom stereocenters. The Labute approximate surface area is 223 Å². The zero-order valence-electron chi connectivity index (χ0n) is 21.9. The summed E-state index contributed by atoms with van der Waals surface area (Å²) in [5.41, 5.74) is 2.16. The summed E-state index contributed by atoms with van der Waals surface area (Å²) in [6.07, 6.45) is 12.7. The molecule has 2 aliphatic rings. The fourth-order valence-corrected chi connectivity index (χ4v) is 6.36. The average molecular weight is 564 g/mol. The Morgan fingerprint density at radius 1 is 1.31 bits per heavy atom. The van der Waals surface area contributed by atoms with E-state index in [2.05, 4.69) is 61.0 Å². The van der Waals surface area contributed by atoms with Crippen molar-refractivity contribution in [3.05, 3.63) is 70.0 Å². The van der Waals surface area contributed by atoms with Gasteiger partial charge in [0.25, 0.3) is 0 Å². The highest BCUT2D eigenvalue weighted by Gasteiger charge is 2.58. The third-order valence-electron chi connectivity index (χ3n) is 7.75. The number of rotatable bonds is 12. The fourth-order valence-electron chi connectivity index (χ4n) is 5.60. The SMILES string of the molecule is COC(=O)CCC/C=C\C[C@H]1[C@H](/C=C(/Br)[C@H](O)C(C)CC=C(C)C)[C@@H]2C[C@@]1(c1ccc(F)cc1)CO2. The number of ether oxygens (including phenoxy) is 2. The molecule has 6 heteroatoms. The fraction of sp³-hybridized carbons (Fsp3) is 0.567. The van der Waals surface area contributed by atoms with Crippen molar-refractivity contribution in [3.63, 3.8) is 0 Å². The smallest absolute Gasteiger partial charge is 0.305 e. The third kappa shape index (κ3) is 6.96. The molecule has 0 radical (unpaired) electrons. The van der Waals surface area contributed by atoms with Crippen LogP contribution in [0.4, 0.5) is 4.39 Å². The minimum Gasteiger partial charge on any atom is -0.469 e. The van der Waals surface area contributed by atoms with E-state index in [1.807, 2.05) is 12.1 Å². The summed E-state index contributed by atoms with van der Waals surface area (Å²) < 4.78 is 25.5. The van der Waals surface area contributed by atoms with Gasteiger partial charge >= 0.3 is 5.97 Å². The van der Waals surface area contributed by atoms with Crippen molar-refractivity contribution in [1.29, 1.82) is 0 Å². The molecule has 1 aromatic carbocycles. The van der Waals surface area contributed by atoms with Crippen LogP contribution in [-0.2, 0) is 19.7 Å². The summed E-state index contributed by atoms with van der Waals surface area (Å²) in [6, 6.07) is 6.85. The molecule has 1 saturated heterocycles. The van der Waals surface area contributed by atoms with Crippen molar-refractivity contribution in [2.75, 3.05) is 13.7 Å². The molecule has 1 N–H and O–H groups in total. The Balaban J connectivity index is 1.80. The Morgan fingerprint density at radius 3 is 2.69 bits per heavy atom. The second kappa shape index (κ2) is 13.2. The number of halogens is 2. The molecule has 3 rings (SSSR count). The van der Waals surface area contributed by atoms with E-state index in [0.717, 1.165) is 42.1 Å². The molecule has 0 spiro atoms. The molecule has 1 saturated carbocycles. The largest absolute Gasteiger partial charge is 0.469 e. The average Bonchev–Trinajstić information content (AvgIpc) is 3.42. The first-order chi connectivity index (χ1) is 17.2. The summed E-state index contributed by atoms with van der Waals surface area (Å²) in [6.45, 7) is 6.81. The lowest BCUT2D eigenvalue weighted by Crippen LogP contribution is -2.39. The van der Waals surface area contributed by atoms with Gasteiger partial charge in [0.05, 0.1) is 25.9 Å². The number of carbonyl (C=O) groups is 1. The first kappa shape index (κ1) is 28.8. The number of aliphatic hydroxyl groups excluding tert-OH is 1. The van der Waals surface area contributed by atoms with Crippen LogP contribution in [0, 0.1) is 23.6 Å². The molecule has 1 heterocycles. The van der Waals surface area contributed by atoms with Gasteiger partial charge in [0.1, 0.15) is 5.82 Å². The zero-order chi connectivity index (χ0) is 26.3. The first-order valence-electron chi connectivity index (χ1n) is 13.0. The standard InChI is InChI=1S/C30H40BrFO4/c1-20(2)11-12-21(3)29(34)26(31)17-24-25(9-7-5-6-8-10-28(33)35-4)30(18-27(24)36-19-30)22-13-15-23(32)16-14-22/h5,7,11,13-17,21,24-25,27,29,34H,6,8-10,12,18-19H2,1-4H3/b7-5-,26-17+/t21?,24-,25-,27-,29+,30-/m0/s1. The van der Waals surface area contributed by atoms with Crippen molar-refractivity contribution < 1.29 is 23.8 Å². The van der Waals surface area contributed by atoms with Gasteiger partial charge in [-0.2, -0.15) is 0 Å². The number of fused-ring (bicyclic) bond motifs is 2. The second-order valence-corrected chi connectivity index (χ2v) is 11.5. The molecule has 2 bridgehead atoms. The number of benzene rings is 1. The monoisotopic (exact) mass is 562 g/mol. The number of unbranched alkanes of at least 4 members (excludes halogenated alkanes) is 1. The molecule has 2 fully saturated rings. The molecule has 36 heavy (non-hydrogen) atoms. The van der Waals surface area contributed by atoms with E-state index in [-0.39, 0.29) is 41.1 Å². The summed E-state index contributed by atoms with van der Waals surface area (Å²) in [4.78, 5) is 11.4. The van der Waals surface area contributed by atoms with Gasteiger partial charge in [-0.1, -0.05) is 64.9 Å². The first-order valence-corrected chi connectivity index (χ1v) is 13.8. The minimum absolute atomic E-state index is 0.0561. The highest BCUT2D eigenvalue weighted by Crippen LogP contribution is 2.57. The van der Waals surface area contributed by atoms with Crippen LogP contribution in [-0.4, -0.2) is 37.0 Å². The van der Waals surface area contributed by atoms with Crippen LogP contribution in [0.5, 0.6) is 0 Å². The van der Waals surface area contributed by atoms with Gasteiger partial charge in [-0.3, -0.25) is 4.79 Å². The van der Waals surface area contributed by atoms with Gasteiger partial charge < -0.3 is 14.6 Å². The van der Waals surface area contributed by atoms with E-state index in [4.69, 9.17) is 9.47 Å². The van der Waals surface area contributed by atoms with E-state index in [1.165, 1.54) is 24.8 Å². The van der Waals surface area contributed by atoms with Gasteiger partial charge in [-0.05, 0) is 75.5 Å². The molecule has 4 nitrogen and oxygen atoms in total. The summed E-state index contributed by atoms with van der Waals surface area (Å²) in [5.74, 6) is 0.0496. The second-order valence-electron chi connectivity index (χ2n) is 10.6. The Bertz CT molecular complexity index is 966. The van der Waals surface area contributed by atoms with Crippen LogP contribution in [0.1, 0.15) is 64.9 Å². The Kier molecular flexibility index (Phi) is 10.5. The topological polar surface area (TPSA) is 55.8 Å². The van der Waals surface area contributed by atoms with E-state index in [0.29, 0.717) is 13.0 Å². The molecular formula is C30H40BrFO4. The Hall–Kier alpha value is -1.76. The zero-order valence-corrected chi connectivity index (χ0v) is 23.5. The summed E-state index contributed by atoms with van der Waals surface area (Å²) in [5, 5.41) is 11.0. The third-order valence-corrected chi connectivity index (χ3v) is 8.48. The van der Waals surface area contributed by atoms with Crippen molar-refractivity contribution in [2.24, 2.45) is 17.8 Å². The van der Waals surface area contributed by atoms with E-state index in [1.54, 1.807) is 0 Å². The Morgan fingerprint density at radius 2 is 2.03 bits per heavy atom. The van der Waals surface area contributed by atoms with Crippen LogP contribution >= 0.6 is 15.9 Å². The number of hydrogen-bond acceptors (Lipinski definition) is 4. The molecule has 1 unspecified atom stereocenters. The van der Waals surface area contributed by atoms with Gasteiger partial charge in [0.2, 0.25) is 0 Å². The molecule has 1 aliphatic carbocycles. The van der Waals surface area contributed by atoms with Crippen molar-refractivity contribution in [1.82, 2.24) is 0 Å². The van der Waals surface area contributed by atoms with Gasteiger partial charge in [-0.25, -0.2) is 4.39 Å². The van der Waals surface area contributed by atoms with Crippen LogP contribution < -0.4 is 0 Å². The summed E-state index contributed by atoms with van der Waals surface area (Å²) >= 11 is 3.69. The maximum absolute atomic E-state index is 13.7. The van der Waals surface area contributed by atoms with Crippen LogP contribution in [0.3, 0.4) is 0 Å². The summed E-state index contributed by atoms with van der Waals surface area (Å²) in [7, 11) is 1.41. The van der Waals surface area contributed by atoms with E-state index >= 15 is 0 Å². The lowest BCUT2D eigenvalue weighted by molar-refractivity contribution is -0.140. The van der Waals surface area contributed by atoms with Crippen molar-refractivity contribution in [2.45, 2.75) is 76.9 Å². The lowest BCUT2D eigenvalue weighted by atomic mass is 9.69. The van der Waals surface area contributed by atoms with E-state index in [9.17, 15) is 14.3 Å². The van der Waals surface area contributed by atoms with Crippen LogP contribution in [0.15, 0.2) is 58.6 Å².